The summed E-state index contributed by atoms with van der Waals surface area (Å²) in [4.78, 5) is 61.6. The van der Waals surface area contributed by atoms with E-state index in [4.69, 9.17) is 17.7 Å². The number of aromatic nitrogens is 4. The Morgan fingerprint density at radius 3 is 2.07 bits per heavy atom. The number of carbonyl (C=O) groups is 3. The van der Waals surface area contributed by atoms with Crippen LogP contribution in [-0.2, 0) is 20.9 Å². The summed E-state index contributed by atoms with van der Waals surface area (Å²) in [6.45, 7) is 5.20. The first-order valence-corrected chi connectivity index (χ1v) is 14.2. The lowest BCUT2D eigenvalue weighted by Gasteiger charge is -2.24. The van der Waals surface area contributed by atoms with Gasteiger partial charge < -0.3 is 33.6 Å². The summed E-state index contributed by atoms with van der Waals surface area (Å²) in [5, 5.41) is 8.23. The Morgan fingerprint density at radius 1 is 0.773 bits per heavy atom. The highest BCUT2D eigenvalue weighted by Crippen LogP contribution is 2.29. The molecule has 15 heteroatoms. The van der Waals surface area contributed by atoms with Gasteiger partial charge in [-0.15, -0.1) is 0 Å². The number of aliphatic imine (C=N–C) groups is 1. The molecular formula is C29H30N8O7. The zero-order chi connectivity index (χ0) is 30.8. The Bertz CT molecular complexity index is 1760. The second-order valence-electron chi connectivity index (χ2n) is 10.8. The molecule has 2 atom stereocenters. The summed E-state index contributed by atoms with van der Waals surface area (Å²) in [5.74, 6) is -1.01. The zero-order valence-electron chi connectivity index (χ0n) is 24.2. The van der Waals surface area contributed by atoms with Crippen LogP contribution in [0.3, 0.4) is 0 Å². The van der Waals surface area contributed by atoms with Crippen LogP contribution in [0.5, 0.6) is 0 Å². The van der Waals surface area contributed by atoms with Gasteiger partial charge in [-0.25, -0.2) is 24.9 Å². The van der Waals surface area contributed by atoms with E-state index < -0.39 is 29.8 Å². The van der Waals surface area contributed by atoms with Crippen LogP contribution in [0.4, 0.5) is 0 Å². The minimum atomic E-state index is -0.944. The maximum absolute atomic E-state index is 13.3. The SMILES string of the molecule is CC1NC(=O)C2=N/C(=C\CCCC2)c2nc(co2)-c2nc(co2)-c2nc(co2)-c2nc(co2)CNC(=O)C(C(C)C)NC1=O. The van der Waals surface area contributed by atoms with Crippen LogP contribution in [0.15, 0.2) is 53.8 Å². The molecule has 4 aromatic rings. The van der Waals surface area contributed by atoms with Gasteiger partial charge in [-0.05, 0) is 38.5 Å². The van der Waals surface area contributed by atoms with Gasteiger partial charge in [0.15, 0.2) is 17.1 Å². The number of carbonyl (C=O) groups excluding carboxylic acids is 3. The van der Waals surface area contributed by atoms with E-state index in [0.717, 1.165) is 12.8 Å². The fourth-order valence-electron chi connectivity index (χ4n) is 4.64. The molecule has 15 nitrogen and oxygen atoms in total. The second kappa shape index (κ2) is 12.1. The molecule has 2 aliphatic rings. The Morgan fingerprint density at radius 2 is 1.39 bits per heavy atom. The molecular weight excluding hydrogens is 572 g/mol. The van der Waals surface area contributed by atoms with Crippen molar-refractivity contribution < 1.29 is 32.1 Å². The third-order valence-electron chi connectivity index (χ3n) is 7.10. The third-order valence-corrected chi connectivity index (χ3v) is 7.10. The van der Waals surface area contributed by atoms with Gasteiger partial charge in [0.25, 0.3) is 5.91 Å². The molecule has 4 aromatic heterocycles. The van der Waals surface area contributed by atoms with Crippen molar-refractivity contribution in [1.29, 1.82) is 0 Å². The van der Waals surface area contributed by atoms with E-state index in [1.165, 1.54) is 25.1 Å². The first-order valence-electron chi connectivity index (χ1n) is 14.2. The average Bonchev–Trinajstić information content (AvgIpc) is 3.80. The Hall–Kier alpha value is -5.34. The molecule has 0 fully saturated rings. The van der Waals surface area contributed by atoms with E-state index in [9.17, 15) is 14.4 Å². The van der Waals surface area contributed by atoms with Crippen LogP contribution in [0.2, 0.25) is 0 Å². The van der Waals surface area contributed by atoms with Gasteiger partial charge in [-0.3, -0.25) is 14.4 Å². The lowest BCUT2D eigenvalue weighted by Crippen LogP contribution is -2.55. The first kappa shape index (κ1) is 28.8. The molecule has 0 saturated heterocycles. The monoisotopic (exact) mass is 602 g/mol. The summed E-state index contributed by atoms with van der Waals surface area (Å²) < 4.78 is 22.4. The molecule has 0 radical (unpaired) electrons. The van der Waals surface area contributed by atoms with Crippen LogP contribution in [0, 0.1) is 5.92 Å². The van der Waals surface area contributed by atoms with Crippen molar-refractivity contribution in [3.8, 4) is 34.8 Å². The molecule has 6 rings (SSSR count). The fourth-order valence-corrected chi connectivity index (χ4v) is 4.64. The van der Waals surface area contributed by atoms with Crippen molar-refractivity contribution >= 4 is 29.1 Å². The number of hydrogen-bond donors (Lipinski definition) is 3. The number of rotatable bonds is 1. The lowest BCUT2D eigenvalue weighted by atomic mass is 10.0. The molecule has 2 aliphatic heterocycles. The van der Waals surface area contributed by atoms with Crippen molar-refractivity contribution in [1.82, 2.24) is 35.9 Å². The van der Waals surface area contributed by atoms with E-state index in [-0.39, 0.29) is 41.7 Å². The molecule has 0 saturated carbocycles. The van der Waals surface area contributed by atoms with Crippen LogP contribution in [0.1, 0.15) is 58.0 Å². The predicted octanol–water partition coefficient (Wildman–Crippen LogP) is 3.27. The van der Waals surface area contributed by atoms with Crippen molar-refractivity contribution in [3.05, 3.63) is 42.7 Å². The van der Waals surface area contributed by atoms with Gasteiger partial charge in [0, 0.05) is 0 Å². The topological polar surface area (TPSA) is 204 Å². The number of allylic oxidation sites excluding steroid dienone is 1. The number of amides is 3. The summed E-state index contributed by atoms with van der Waals surface area (Å²) in [6.07, 6.45) is 10.0. The summed E-state index contributed by atoms with van der Waals surface area (Å²) in [6, 6.07) is -1.81. The fraction of sp³-hybridized carbons (Fsp3) is 0.379. The Labute approximate surface area is 250 Å². The highest BCUT2D eigenvalue weighted by atomic mass is 16.4. The van der Waals surface area contributed by atoms with Crippen molar-refractivity contribution in [3.63, 3.8) is 0 Å². The normalized spacial score (nSPS) is 21.1. The van der Waals surface area contributed by atoms with Gasteiger partial charge >= 0.3 is 0 Å². The highest BCUT2D eigenvalue weighted by Gasteiger charge is 2.28. The molecule has 44 heavy (non-hydrogen) atoms. The van der Waals surface area contributed by atoms with E-state index >= 15 is 0 Å². The van der Waals surface area contributed by atoms with E-state index in [1.54, 1.807) is 6.92 Å². The minimum Gasteiger partial charge on any atom is -0.443 e. The van der Waals surface area contributed by atoms with Crippen LogP contribution in [0.25, 0.3) is 40.5 Å². The number of oxazole rings is 4. The molecule has 3 amide bonds. The quantitative estimate of drug-likeness (QED) is 0.288. The van der Waals surface area contributed by atoms with Crippen molar-refractivity contribution in [2.75, 3.05) is 0 Å². The van der Waals surface area contributed by atoms with Crippen LogP contribution in [-0.4, -0.2) is 55.5 Å². The van der Waals surface area contributed by atoms with E-state index in [0.29, 0.717) is 41.3 Å². The number of fused-ring (bicyclic) bond motifs is 13. The largest absolute Gasteiger partial charge is 0.443 e. The lowest BCUT2D eigenvalue weighted by molar-refractivity contribution is -0.131. The third kappa shape index (κ3) is 6.07. The average molecular weight is 603 g/mol. The van der Waals surface area contributed by atoms with Gasteiger partial charge in [-0.2, -0.15) is 0 Å². The van der Waals surface area contributed by atoms with Crippen LogP contribution >= 0.6 is 0 Å². The Kier molecular flexibility index (Phi) is 7.91. The molecule has 228 valence electrons. The van der Waals surface area contributed by atoms with Crippen LogP contribution < -0.4 is 16.0 Å². The predicted molar refractivity (Wildman–Crippen MR) is 153 cm³/mol. The van der Waals surface area contributed by atoms with Gasteiger partial charge in [0.1, 0.15) is 48.5 Å². The molecule has 2 unspecified atom stereocenters. The molecule has 0 spiro atoms. The zero-order valence-corrected chi connectivity index (χ0v) is 24.2. The standard InChI is InChI=1S/C29H30N8O7/c1-14(2)22-25(40)30-9-16-10-41-27(32-16)19-11-43-29(35-19)21-13-44-28(36-21)20-12-42-26(34-20)18-8-6-4-5-7-17(33-18)24(39)31-15(3)23(38)37-22/h8,10-15,22H,4-7,9H2,1-3H3,(H,30,40)(H,31,39)(H,37,38)/b18-8-,33-17?. The number of nitrogens with one attached hydrogen (secondary N) is 3. The minimum absolute atomic E-state index is 0.0421. The summed E-state index contributed by atoms with van der Waals surface area (Å²) in [5.41, 5.74) is 1.96. The second-order valence-corrected chi connectivity index (χ2v) is 10.8. The number of nitrogens with zero attached hydrogens (tertiary/aromatic N) is 5. The molecule has 3 N–H and O–H groups in total. The van der Waals surface area contributed by atoms with Gasteiger partial charge in [-0.1, -0.05) is 19.9 Å². The molecule has 0 aliphatic carbocycles. The maximum atomic E-state index is 13.3. The van der Waals surface area contributed by atoms with Crippen molar-refractivity contribution in [2.45, 2.75) is 65.1 Å². The van der Waals surface area contributed by atoms with Crippen molar-refractivity contribution in [2.24, 2.45) is 10.9 Å². The van der Waals surface area contributed by atoms with Gasteiger partial charge in [0.05, 0.1) is 12.2 Å². The summed E-state index contributed by atoms with van der Waals surface area (Å²) >= 11 is 0. The molecule has 10 bridgehead atoms. The molecule has 6 heterocycles. The molecule has 0 aromatic carbocycles. The maximum Gasteiger partial charge on any atom is 0.266 e. The first-order chi connectivity index (χ1) is 21.2. The van der Waals surface area contributed by atoms with E-state index in [1.807, 2.05) is 19.9 Å². The Balaban J connectivity index is 1.35. The van der Waals surface area contributed by atoms with E-state index in [2.05, 4.69) is 40.9 Å². The summed E-state index contributed by atoms with van der Waals surface area (Å²) in [7, 11) is 0. The number of hydrogen-bond acceptors (Lipinski definition) is 12. The van der Waals surface area contributed by atoms with Gasteiger partial charge in [0.2, 0.25) is 35.4 Å². The smallest absolute Gasteiger partial charge is 0.266 e. The highest BCUT2D eigenvalue weighted by molar-refractivity contribution is 6.40.